The number of nitrogens with two attached hydrogens (primary N) is 1. The van der Waals surface area contributed by atoms with Crippen molar-refractivity contribution in [3.8, 4) is 0 Å². The number of aromatic carboxylic acids is 1. The second-order valence-electron chi connectivity index (χ2n) is 2.53. The molecule has 1 unspecified atom stereocenters. The summed E-state index contributed by atoms with van der Waals surface area (Å²) in [6, 6.07) is 1.12. The van der Waals surface area contributed by atoms with Crippen LogP contribution in [0.15, 0.2) is 31.1 Å². The van der Waals surface area contributed by atoms with Gasteiger partial charge in [0.1, 0.15) is 0 Å². The Labute approximate surface area is 75.7 Å². The van der Waals surface area contributed by atoms with E-state index in [2.05, 4.69) is 11.6 Å². The molecule has 0 aliphatic heterocycles. The van der Waals surface area contributed by atoms with Gasteiger partial charge in [-0.3, -0.25) is 4.98 Å². The first-order valence-electron chi connectivity index (χ1n) is 3.72. The van der Waals surface area contributed by atoms with E-state index in [-0.39, 0.29) is 5.56 Å². The van der Waals surface area contributed by atoms with Gasteiger partial charge in [-0.2, -0.15) is 0 Å². The number of hydrogen-bond acceptors (Lipinski definition) is 3. The number of aromatic nitrogens is 1. The first kappa shape index (κ1) is 9.41. The predicted octanol–water partition coefficient (Wildman–Crippen LogP) is 0.966. The Balaban J connectivity index is 3.19. The second kappa shape index (κ2) is 3.82. The van der Waals surface area contributed by atoms with Crippen LogP contribution in [0.4, 0.5) is 0 Å². The number of carbonyl (C=O) groups is 1. The molecular formula is C9H10N2O2. The zero-order chi connectivity index (χ0) is 9.84. The summed E-state index contributed by atoms with van der Waals surface area (Å²) in [4.78, 5) is 14.4. The monoisotopic (exact) mass is 178 g/mol. The molecule has 0 spiro atoms. The highest BCUT2D eigenvalue weighted by Gasteiger charge is 2.12. The largest absolute Gasteiger partial charge is 0.478 e. The summed E-state index contributed by atoms with van der Waals surface area (Å²) in [7, 11) is 0. The van der Waals surface area contributed by atoms with Crippen molar-refractivity contribution in [2.45, 2.75) is 6.04 Å². The molecule has 0 amide bonds. The number of rotatable bonds is 3. The van der Waals surface area contributed by atoms with E-state index in [0.29, 0.717) is 5.56 Å². The minimum Gasteiger partial charge on any atom is -0.478 e. The molecule has 1 atom stereocenters. The van der Waals surface area contributed by atoms with E-state index in [4.69, 9.17) is 10.8 Å². The van der Waals surface area contributed by atoms with Crippen LogP contribution in [0.1, 0.15) is 22.0 Å². The fraction of sp³-hybridized carbons (Fsp3) is 0.111. The molecule has 1 rings (SSSR count). The van der Waals surface area contributed by atoms with Crippen molar-refractivity contribution in [3.63, 3.8) is 0 Å². The molecule has 0 bridgehead atoms. The van der Waals surface area contributed by atoms with E-state index >= 15 is 0 Å². The summed E-state index contributed by atoms with van der Waals surface area (Å²) in [5.41, 5.74) is 6.27. The zero-order valence-corrected chi connectivity index (χ0v) is 6.97. The zero-order valence-electron chi connectivity index (χ0n) is 6.97. The van der Waals surface area contributed by atoms with Crippen LogP contribution in [0, 0.1) is 0 Å². The van der Waals surface area contributed by atoms with Gasteiger partial charge in [0.15, 0.2) is 0 Å². The molecule has 0 radical (unpaired) electrons. The van der Waals surface area contributed by atoms with Crippen molar-refractivity contribution in [3.05, 3.63) is 42.2 Å². The lowest BCUT2D eigenvalue weighted by molar-refractivity contribution is 0.0695. The lowest BCUT2D eigenvalue weighted by Crippen LogP contribution is -2.12. The molecule has 0 aromatic carbocycles. The van der Waals surface area contributed by atoms with Gasteiger partial charge in [0.2, 0.25) is 0 Å². The van der Waals surface area contributed by atoms with E-state index in [1.54, 1.807) is 6.07 Å². The van der Waals surface area contributed by atoms with Crippen LogP contribution in [0.2, 0.25) is 0 Å². The van der Waals surface area contributed by atoms with Crippen LogP contribution in [0.25, 0.3) is 0 Å². The van der Waals surface area contributed by atoms with E-state index in [1.807, 2.05) is 0 Å². The van der Waals surface area contributed by atoms with Crippen molar-refractivity contribution in [2.75, 3.05) is 0 Å². The number of hydrogen-bond donors (Lipinski definition) is 2. The minimum atomic E-state index is -1.03. The third kappa shape index (κ3) is 1.91. The van der Waals surface area contributed by atoms with Crippen LogP contribution >= 0.6 is 0 Å². The average molecular weight is 178 g/mol. The van der Waals surface area contributed by atoms with E-state index in [1.165, 1.54) is 18.5 Å². The molecule has 4 heteroatoms. The molecule has 3 N–H and O–H groups in total. The van der Waals surface area contributed by atoms with Crippen LogP contribution in [-0.4, -0.2) is 16.1 Å². The standard InChI is InChI=1S/C9H10N2O2/c1-2-8(10)6-3-4-11-5-7(6)9(12)13/h2-5,8H,1,10H2,(H,12,13). The van der Waals surface area contributed by atoms with Crippen LogP contribution in [0.5, 0.6) is 0 Å². The number of nitrogens with zero attached hydrogens (tertiary/aromatic N) is 1. The summed E-state index contributed by atoms with van der Waals surface area (Å²) in [6.45, 7) is 3.50. The molecule has 0 fully saturated rings. The highest BCUT2D eigenvalue weighted by atomic mass is 16.4. The van der Waals surface area contributed by atoms with E-state index in [9.17, 15) is 4.79 Å². The van der Waals surface area contributed by atoms with Gasteiger partial charge in [-0.15, -0.1) is 6.58 Å². The lowest BCUT2D eigenvalue weighted by Gasteiger charge is -2.08. The second-order valence-corrected chi connectivity index (χ2v) is 2.53. The Kier molecular flexibility index (Phi) is 2.76. The summed E-state index contributed by atoms with van der Waals surface area (Å²) in [6.07, 6.45) is 4.27. The van der Waals surface area contributed by atoms with Crippen LogP contribution in [-0.2, 0) is 0 Å². The molecule has 0 aliphatic rings. The van der Waals surface area contributed by atoms with Gasteiger partial charge in [0, 0.05) is 18.4 Å². The molecular weight excluding hydrogens is 168 g/mol. The van der Waals surface area contributed by atoms with Crippen molar-refractivity contribution in [2.24, 2.45) is 5.73 Å². The van der Waals surface area contributed by atoms with Crippen molar-refractivity contribution in [1.82, 2.24) is 4.98 Å². The Hall–Kier alpha value is -1.68. The van der Waals surface area contributed by atoms with Crippen LogP contribution in [0.3, 0.4) is 0 Å². The summed E-state index contributed by atoms with van der Waals surface area (Å²) >= 11 is 0. The van der Waals surface area contributed by atoms with E-state index in [0.717, 1.165) is 0 Å². The lowest BCUT2D eigenvalue weighted by atomic mass is 10.0. The number of carboxylic acids is 1. The van der Waals surface area contributed by atoms with E-state index < -0.39 is 12.0 Å². The number of pyridine rings is 1. The molecule has 13 heavy (non-hydrogen) atoms. The molecule has 0 aliphatic carbocycles. The fourth-order valence-corrected chi connectivity index (χ4v) is 1.00. The van der Waals surface area contributed by atoms with Gasteiger partial charge < -0.3 is 10.8 Å². The quantitative estimate of drug-likeness (QED) is 0.676. The topological polar surface area (TPSA) is 76.2 Å². The van der Waals surface area contributed by atoms with Gasteiger partial charge >= 0.3 is 5.97 Å². The van der Waals surface area contributed by atoms with Crippen molar-refractivity contribution < 1.29 is 9.90 Å². The summed E-state index contributed by atoms with van der Waals surface area (Å²) in [5, 5.41) is 8.78. The first-order valence-corrected chi connectivity index (χ1v) is 3.72. The molecule has 0 saturated heterocycles. The summed E-state index contributed by atoms with van der Waals surface area (Å²) < 4.78 is 0. The normalized spacial score (nSPS) is 12.1. The number of carboxylic acid groups (broad SMARTS) is 1. The molecule has 0 saturated carbocycles. The maximum atomic E-state index is 10.7. The molecule has 4 nitrogen and oxygen atoms in total. The minimum absolute atomic E-state index is 0.120. The average Bonchev–Trinajstić information content (AvgIpc) is 2.16. The molecule has 1 aromatic rings. The third-order valence-electron chi connectivity index (χ3n) is 1.70. The highest BCUT2D eigenvalue weighted by molar-refractivity contribution is 5.89. The fourth-order valence-electron chi connectivity index (χ4n) is 1.00. The van der Waals surface area contributed by atoms with Gasteiger partial charge in [0.05, 0.1) is 5.56 Å². The maximum Gasteiger partial charge on any atom is 0.337 e. The van der Waals surface area contributed by atoms with Crippen LogP contribution < -0.4 is 5.73 Å². The highest BCUT2D eigenvalue weighted by Crippen LogP contribution is 2.15. The van der Waals surface area contributed by atoms with Gasteiger partial charge in [0.25, 0.3) is 0 Å². The molecule has 68 valence electrons. The van der Waals surface area contributed by atoms with Crippen molar-refractivity contribution in [1.29, 1.82) is 0 Å². The molecule has 1 aromatic heterocycles. The van der Waals surface area contributed by atoms with Gasteiger partial charge in [-0.1, -0.05) is 6.08 Å². The Morgan fingerprint density at radius 1 is 1.77 bits per heavy atom. The first-order chi connectivity index (χ1) is 6.16. The predicted molar refractivity (Wildman–Crippen MR) is 48.3 cm³/mol. The molecule has 1 heterocycles. The third-order valence-corrected chi connectivity index (χ3v) is 1.70. The van der Waals surface area contributed by atoms with Crippen molar-refractivity contribution >= 4 is 5.97 Å². The van der Waals surface area contributed by atoms with Gasteiger partial charge in [-0.05, 0) is 11.6 Å². The summed E-state index contributed by atoms with van der Waals surface area (Å²) in [5.74, 6) is -1.03. The Bertz CT molecular complexity index is 336. The maximum absolute atomic E-state index is 10.7. The van der Waals surface area contributed by atoms with Gasteiger partial charge in [-0.25, -0.2) is 4.79 Å². The Morgan fingerprint density at radius 2 is 2.46 bits per heavy atom. The Morgan fingerprint density at radius 3 is 3.00 bits per heavy atom. The smallest absolute Gasteiger partial charge is 0.337 e. The SMILES string of the molecule is C=CC(N)c1ccncc1C(=O)O.